The second-order valence-corrected chi connectivity index (χ2v) is 7.47. The summed E-state index contributed by atoms with van der Waals surface area (Å²) in [5.74, 6) is 0.502. The first-order valence-corrected chi connectivity index (χ1v) is 9.75. The van der Waals surface area contributed by atoms with Crippen molar-refractivity contribution < 1.29 is 9.53 Å². The molecule has 0 radical (unpaired) electrons. The van der Waals surface area contributed by atoms with Gasteiger partial charge in [-0.1, -0.05) is 17.7 Å². The monoisotopic (exact) mass is 413 g/mol. The number of nitrogens with zero attached hydrogens (tertiary/aromatic N) is 1. The topological polar surface area (TPSA) is 93.2 Å². The molecule has 1 aliphatic heterocycles. The molecule has 2 heterocycles. The molecule has 29 heavy (non-hydrogen) atoms. The predicted molar refractivity (Wildman–Crippen MR) is 112 cm³/mol. The maximum atomic E-state index is 13.0. The summed E-state index contributed by atoms with van der Waals surface area (Å²) in [5.41, 5.74) is 0.995. The zero-order valence-electron chi connectivity index (χ0n) is 15.8. The van der Waals surface area contributed by atoms with Gasteiger partial charge in [-0.2, -0.15) is 0 Å². The van der Waals surface area contributed by atoms with Gasteiger partial charge in [-0.05, 0) is 48.7 Å². The highest BCUT2D eigenvalue weighted by Gasteiger charge is 2.23. The fourth-order valence-corrected chi connectivity index (χ4v) is 3.98. The number of aromatic amines is 1. The van der Waals surface area contributed by atoms with E-state index in [0.29, 0.717) is 41.1 Å². The fraction of sp³-hybridized carbons (Fsp3) is 0.286. The Labute approximate surface area is 171 Å². The molecule has 1 unspecified atom stereocenters. The molecule has 0 spiro atoms. The first kappa shape index (κ1) is 19.3. The molecule has 1 amide bonds. The molecule has 1 fully saturated rings. The van der Waals surface area contributed by atoms with Gasteiger partial charge >= 0.3 is 5.69 Å². The highest BCUT2D eigenvalue weighted by molar-refractivity contribution is 6.33. The lowest BCUT2D eigenvalue weighted by molar-refractivity contribution is -0.121. The number of carbonyl (C=O) groups is 1. The lowest BCUT2D eigenvalue weighted by atomic mass is 10.0. The van der Waals surface area contributed by atoms with Gasteiger partial charge in [0.05, 0.1) is 24.1 Å². The van der Waals surface area contributed by atoms with E-state index in [2.05, 4.69) is 10.3 Å². The largest absolute Gasteiger partial charge is 0.497 e. The molecule has 3 aromatic rings. The van der Waals surface area contributed by atoms with E-state index in [1.807, 2.05) is 0 Å². The van der Waals surface area contributed by atoms with Crippen molar-refractivity contribution in [1.82, 2.24) is 14.9 Å². The summed E-state index contributed by atoms with van der Waals surface area (Å²) in [7, 11) is 1.57. The van der Waals surface area contributed by atoms with Crippen molar-refractivity contribution in [3.05, 3.63) is 62.3 Å². The van der Waals surface area contributed by atoms with Gasteiger partial charge in [0.25, 0.3) is 5.56 Å². The smallest absolute Gasteiger partial charge is 0.329 e. The van der Waals surface area contributed by atoms with Gasteiger partial charge in [0.2, 0.25) is 5.91 Å². The third-order valence-electron chi connectivity index (χ3n) is 5.24. The van der Waals surface area contributed by atoms with Gasteiger partial charge in [0.15, 0.2) is 0 Å². The normalized spacial score (nSPS) is 17.0. The van der Waals surface area contributed by atoms with E-state index >= 15 is 0 Å². The van der Waals surface area contributed by atoms with E-state index in [0.717, 1.165) is 11.1 Å². The standard InChI is InChI=1S/C21H20ClN3O4/c1-29-14-5-7-17(22)16(11-14)12-4-6-15-18(9-12)24-21(28)25(20(15)27)13-3-2-8-23-19(26)10-13/h4-7,9,11,13H,2-3,8,10H2,1H3,(H,23,26)(H,24,28). The Balaban J connectivity index is 1.83. The summed E-state index contributed by atoms with van der Waals surface area (Å²) >= 11 is 6.33. The molecule has 2 N–H and O–H groups in total. The number of hydrogen-bond donors (Lipinski definition) is 2. The van der Waals surface area contributed by atoms with Crippen LogP contribution in [0.15, 0.2) is 46.0 Å². The molecule has 4 rings (SSSR count). The minimum atomic E-state index is -0.518. The van der Waals surface area contributed by atoms with Crippen molar-refractivity contribution in [2.24, 2.45) is 0 Å². The number of ether oxygens (including phenoxy) is 1. The summed E-state index contributed by atoms with van der Waals surface area (Å²) in [6.45, 7) is 0.556. The molecule has 150 valence electrons. The zero-order chi connectivity index (χ0) is 20.5. The highest BCUT2D eigenvalue weighted by Crippen LogP contribution is 2.32. The van der Waals surface area contributed by atoms with Crippen LogP contribution in [0.3, 0.4) is 0 Å². The van der Waals surface area contributed by atoms with Crippen molar-refractivity contribution in [1.29, 1.82) is 0 Å². The highest BCUT2D eigenvalue weighted by atomic mass is 35.5. The number of halogens is 1. The van der Waals surface area contributed by atoms with Crippen molar-refractivity contribution in [2.45, 2.75) is 25.3 Å². The SMILES string of the molecule is COc1ccc(Cl)c(-c2ccc3c(=O)n(C4CCCNC(=O)C4)c(=O)[nH]c3c2)c1. The third-order valence-corrected chi connectivity index (χ3v) is 5.57. The number of fused-ring (bicyclic) bond motifs is 1. The molecule has 8 heteroatoms. The molecule has 1 aliphatic rings. The summed E-state index contributed by atoms with van der Waals surface area (Å²) in [6.07, 6.45) is 1.42. The second-order valence-electron chi connectivity index (χ2n) is 7.06. The van der Waals surface area contributed by atoms with Crippen LogP contribution in [0.4, 0.5) is 0 Å². The van der Waals surface area contributed by atoms with Crippen molar-refractivity contribution >= 4 is 28.4 Å². The van der Waals surface area contributed by atoms with E-state index in [9.17, 15) is 14.4 Å². The number of amides is 1. The van der Waals surface area contributed by atoms with E-state index in [1.54, 1.807) is 43.5 Å². The maximum absolute atomic E-state index is 13.0. The summed E-state index contributed by atoms with van der Waals surface area (Å²) in [5, 5.41) is 3.69. The van der Waals surface area contributed by atoms with Crippen molar-refractivity contribution in [3.8, 4) is 16.9 Å². The molecule has 0 aliphatic carbocycles. The molecular weight excluding hydrogens is 394 g/mol. The minimum Gasteiger partial charge on any atom is -0.497 e. The lowest BCUT2D eigenvalue weighted by Crippen LogP contribution is -2.39. The first-order valence-electron chi connectivity index (χ1n) is 9.37. The molecule has 1 atom stereocenters. The van der Waals surface area contributed by atoms with Crippen LogP contribution in [0.25, 0.3) is 22.0 Å². The van der Waals surface area contributed by atoms with Crippen LogP contribution in [0.2, 0.25) is 5.02 Å². The molecule has 1 aromatic heterocycles. The van der Waals surface area contributed by atoms with Crippen LogP contribution in [0.5, 0.6) is 5.75 Å². The number of methoxy groups -OCH3 is 1. The van der Waals surface area contributed by atoms with E-state index in [4.69, 9.17) is 16.3 Å². The second kappa shape index (κ2) is 7.75. The van der Waals surface area contributed by atoms with E-state index < -0.39 is 17.3 Å². The molecular formula is C21H20ClN3O4. The number of aromatic nitrogens is 2. The van der Waals surface area contributed by atoms with Crippen LogP contribution in [0, 0.1) is 0 Å². The predicted octanol–water partition coefficient (Wildman–Crippen LogP) is 2.86. The Hall–Kier alpha value is -3.06. The first-order chi connectivity index (χ1) is 14.0. The van der Waals surface area contributed by atoms with E-state index in [-0.39, 0.29) is 12.3 Å². The van der Waals surface area contributed by atoms with Gasteiger partial charge in [0.1, 0.15) is 5.75 Å². The Morgan fingerprint density at radius 1 is 1.14 bits per heavy atom. The number of nitrogens with one attached hydrogen (secondary N) is 2. The Bertz CT molecular complexity index is 1210. The summed E-state index contributed by atoms with van der Waals surface area (Å²) in [4.78, 5) is 40.4. The third kappa shape index (κ3) is 3.65. The van der Waals surface area contributed by atoms with Gasteiger partial charge in [-0.3, -0.25) is 14.2 Å². The van der Waals surface area contributed by atoms with Gasteiger partial charge in [-0.25, -0.2) is 4.79 Å². The fourth-order valence-electron chi connectivity index (χ4n) is 3.76. The van der Waals surface area contributed by atoms with Crippen LogP contribution in [-0.4, -0.2) is 29.1 Å². The molecule has 1 saturated heterocycles. The van der Waals surface area contributed by atoms with E-state index in [1.165, 1.54) is 4.57 Å². The Morgan fingerprint density at radius 3 is 2.76 bits per heavy atom. The molecule has 7 nitrogen and oxygen atoms in total. The minimum absolute atomic E-state index is 0.117. The van der Waals surface area contributed by atoms with Crippen LogP contribution in [-0.2, 0) is 4.79 Å². The average Bonchev–Trinajstić information content (AvgIpc) is 2.92. The molecule has 0 bridgehead atoms. The quantitative estimate of drug-likeness (QED) is 0.690. The van der Waals surface area contributed by atoms with Crippen LogP contribution < -0.4 is 21.3 Å². The Morgan fingerprint density at radius 2 is 1.97 bits per heavy atom. The van der Waals surface area contributed by atoms with Gasteiger partial charge in [0, 0.05) is 23.6 Å². The van der Waals surface area contributed by atoms with Crippen LogP contribution >= 0.6 is 11.6 Å². The van der Waals surface area contributed by atoms with Crippen molar-refractivity contribution in [2.75, 3.05) is 13.7 Å². The summed E-state index contributed by atoms with van der Waals surface area (Å²) in [6, 6.07) is 10.0. The number of rotatable bonds is 3. The van der Waals surface area contributed by atoms with Gasteiger partial charge in [-0.15, -0.1) is 0 Å². The number of H-pyrrole nitrogens is 1. The maximum Gasteiger partial charge on any atom is 0.329 e. The summed E-state index contributed by atoms with van der Waals surface area (Å²) < 4.78 is 6.43. The molecule has 2 aromatic carbocycles. The number of hydrogen-bond acceptors (Lipinski definition) is 4. The van der Waals surface area contributed by atoms with Crippen LogP contribution in [0.1, 0.15) is 25.3 Å². The zero-order valence-corrected chi connectivity index (χ0v) is 16.6. The molecule has 0 saturated carbocycles. The number of benzene rings is 2. The lowest BCUT2D eigenvalue weighted by Gasteiger charge is -2.16. The average molecular weight is 414 g/mol. The van der Waals surface area contributed by atoms with Gasteiger partial charge < -0.3 is 15.0 Å². The Kier molecular flexibility index (Phi) is 5.15. The van der Waals surface area contributed by atoms with Crippen molar-refractivity contribution in [3.63, 3.8) is 0 Å². The number of carbonyl (C=O) groups excluding carboxylic acids is 1.